The van der Waals surface area contributed by atoms with E-state index in [1.165, 1.54) is 0 Å². The van der Waals surface area contributed by atoms with Gasteiger partial charge in [-0.3, -0.25) is 4.79 Å². The molecule has 0 N–H and O–H groups in total. The molecule has 1 saturated heterocycles. The van der Waals surface area contributed by atoms with Gasteiger partial charge in [0.05, 0.1) is 11.6 Å². The van der Waals surface area contributed by atoms with Crippen LogP contribution in [-0.4, -0.2) is 29.6 Å². The predicted octanol–water partition coefficient (Wildman–Crippen LogP) is 4.53. The molecule has 1 fully saturated rings. The van der Waals surface area contributed by atoms with E-state index in [2.05, 4.69) is 12.1 Å². The summed E-state index contributed by atoms with van der Waals surface area (Å²) in [6.07, 6.45) is 0.885. The summed E-state index contributed by atoms with van der Waals surface area (Å²) >= 11 is 8.17. The van der Waals surface area contributed by atoms with Gasteiger partial charge in [-0.05, 0) is 42.3 Å². The summed E-state index contributed by atoms with van der Waals surface area (Å²) in [4.78, 5) is 14.6. The number of rotatable bonds is 2. The first-order valence-electron chi connectivity index (χ1n) is 7.84. The molecule has 0 bridgehead atoms. The number of thioether (sulfide) groups is 1. The van der Waals surface area contributed by atoms with Crippen molar-refractivity contribution in [1.29, 1.82) is 5.26 Å². The average Bonchev–Trinajstić information content (AvgIpc) is 2.88. The highest BCUT2D eigenvalue weighted by Crippen LogP contribution is 2.37. The summed E-state index contributed by atoms with van der Waals surface area (Å²) < 4.78 is 0. The molecule has 1 aliphatic rings. The number of carbonyl (C=O) groups is 1. The van der Waals surface area contributed by atoms with Crippen LogP contribution in [0.1, 0.15) is 33.2 Å². The molecule has 0 saturated carbocycles. The Morgan fingerprint density at radius 2 is 1.92 bits per heavy atom. The maximum atomic E-state index is 12.7. The molecule has 5 heteroatoms. The Morgan fingerprint density at radius 1 is 1.17 bits per heavy atom. The Balaban J connectivity index is 1.70. The van der Waals surface area contributed by atoms with Gasteiger partial charge in [-0.15, -0.1) is 0 Å². The smallest absolute Gasteiger partial charge is 0.253 e. The van der Waals surface area contributed by atoms with Crippen molar-refractivity contribution < 1.29 is 4.79 Å². The maximum Gasteiger partial charge on any atom is 0.253 e. The second kappa shape index (κ2) is 7.74. The van der Waals surface area contributed by atoms with Gasteiger partial charge >= 0.3 is 0 Å². The zero-order valence-electron chi connectivity index (χ0n) is 13.1. The third-order valence-corrected chi connectivity index (χ3v) is 5.80. The molecule has 1 atom stereocenters. The van der Waals surface area contributed by atoms with Crippen LogP contribution in [0.2, 0.25) is 5.02 Å². The lowest BCUT2D eigenvalue weighted by molar-refractivity contribution is 0.0766. The fourth-order valence-corrected chi connectivity index (χ4v) is 4.43. The lowest BCUT2D eigenvalue weighted by atomic mass is 10.1. The molecule has 24 heavy (non-hydrogen) atoms. The van der Waals surface area contributed by atoms with Crippen molar-refractivity contribution in [3.63, 3.8) is 0 Å². The molecule has 1 amide bonds. The number of benzene rings is 2. The summed E-state index contributed by atoms with van der Waals surface area (Å²) in [6, 6.07) is 16.8. The van der Waals surface area contributed by atoms with E-state index in [9.17, 15) is 4.79 Å². The van der Waals surface area contributed by atoms with Gasteiger partial charge in [0, 0.05) is 34.7 Å². The van der Waals surface area contributed by atoms with E-state index in [-0.39, 0.29) is 5.91 Å². The monoisotopic (exact) mass is 356 g/mol. The summed E-state index contributed by atoms with van der Waals surface area (Å²) in [7, 11) is 0. The first-order valence-corrected chi connectivity index (χ1v) is 9.27. The molecule has 0 aromatic heterocycles. The molecule has 2 aromatic rings. The van der Waals surface area contributed by atoms with E-state index in [1.807, 2.05) is 34.9 Å². The Hall–Kier alpha value is -1.96. The van der Waals surface area contributed by atoms with Gasteiger partial charge in [0.25, 0.3) is 5.91 Å². The van der Waals surface area contributed by atoms with Crippen molar-refractivity contribution in [3.8, 4) is 6.07 Å². The minimum atomic E-state index is 0.0277. The Labute approximate surface area is 151 Å². The first kappa shape index (κ1) is 16.9. The molecule has 2 aromatic carbocycles. The van der Waals surface area contributed by atoms with Crippen molar-refractivity contribution in [2.24, 2.45) is 0 Å². The summed E-state index contributed by atoms with van der Waals surface area (Å²) in [5, 5.41) is 9.96. The zero-order chi connectivity index (χ0) is 16.9. The van der Waals surface area contributed by atoms with Crippen molar-refractivity contribution >= 4 is 29.3 Å². The van der Waals surface area contributed by atoms with Crippen LogP contribution in [0.4, 0.5) is 0 Å². The van der Waals surface area contributed by atoms with E-state index in [0.29, 0.717) is 22.9 Å². The van der Waals surface area contributed by atoms with Crippen molar-refractivity contribution in [1.82, 2.24) is 4.90 Å². The van der Waals surface area contributed by atoms with E-state index in [1.54, 1.807) is 24.3 Å². The molecule has 1 heterocycles. The largest absolute Gasteiger partial charge is 0.338 e. The highest BCUT2D eigenvalue weighted by atomic mass is 35.5. The third kappa shape index (κ3) is 3.75. The summed E-state index contributed by atoms with van der Waals surface area (Å²) in [5.41, 5.74) is 2.35. The molecule has 3 rings (SSSR count). The molecule has 122 valence electrons. The van der Waals surface area contributed by atoms with E-state index in [0.717, 1.165) is 29.3 Å². The van der Waals surface area contributed by atoms with Crippen LogP contribution in [0.15, 0.2) is 48.5 Å². The number of nitriles is 1. The summed E-state index contributed by atoms with van der Waals surface area (Å²) in [6.45, 7) is 1.44. The van der Waals surface area contributed by atoms with Crippen LogP contribution >= 0.6 is 23.4 Å². The summed E-state index contributed by atoms with van der Waals surface area (Å²) in [5.74, 6) is 0.914. The molecule has 3 nitrogen and oxygen atoms in total. The lowest BCUT2D eigenvalue weighted by Gasteiger charge is -2.20. The molecule has 1 unspecified atom stereocenters. The number of halogens is 1. The number of hydrogen-bond donors (Lipinski definition) is 0. The number of hydrogen-bond acceptors (Lipinski definition) is 3. The zero-order valence-corrected chi connectivity index (χ0v) is 14.7. The Bertz CT molecular complexity index is 770. The van der Waals surface area contributed by atoms with Gasteiger partial charge in [0.15, 0.2) is 0 Å². The second-order valence-electron chi connectivity index (χ2n) is 5.65. The molecule has 0 spiro atoms. The Morgan fingerprint density at radius 3 is 2.62 bits per heavy atom. The molecule has 0 aliphatic carbocycles. The second-order valence-corrected chi connectivity index (χ2v) is 7.37. The average molecular weight is 357 g/mol. The minimum Gasteiger partial charge on any atom is -0.338 e. The number of nitrogens with zero attached hydrogens (tertiary/aromatic N) is 2. The first-order chi connectivity index (χ1) is 11.7. The van der Waals surface area contributed by atoms with Crippen LogP contribution in [0, 0.1) is 11.3 Å². The molecule has 1 aliphatic heterocycles. The Kier molecular flexibility index (Phi) is 5.44. The fourth-order valence-electron chi connectivity index (χ4n) is 2.83. The van der Waals surface area contributed by atoms with Crippen molar-refractivity contribution in [3.05, 3.63) is 70.2 Å². The number of carbonyl (C=O) groups excluding carboxylic acids is 1. The lowest BCUT2D eigenvalue weighted by Crippen LogP contribution is -2.32. The molecule has 0 radical (unpaired) electrons. The van der Waals surface area contributed by atoms with Crippen LogP contribution in [0.25, 0.3) is 0 Å². The van der Waals surface area contributed by atoms with Crippen LogP contribution < -0.4 is 0 Å². The van der Waals surface area contributed by atoms with Crippen molar-refractivity contribution in [2.75, 3.05) is 18.8 Å². The van der Waals surface area contributed by atoms with Gasteiger partial charge in [-0.1, -0.05) is 29.8 Å². The van der Waals surface area contributed by atoms with Crippen LogP contribution in [0.5, 0.6) is 0 Å². The highest BCUT2D eigenvalue weighted by molar-refractivity contribution is 7.99. The normalized spacial score (nSPS) is 17.8. The fraction of sp³-hybridized carbons (Fsp3) is 0.263. The van der Waals surface area contributed by atoms with E-state index < -0.39 is 0 Å². The molecular weight excluding hydrogens is 340 g/mol. The third-order valence-electron chi connectivity index (χ3n) is 4.14. The van der Waals surface area contributed by atoms with Crippen LogP contribution in [0.3, 0.4) is 0 Å². The SMILES string of the molecule is N#Cc1ccc(C(=O)N2CCSC(c3ccccc3Cl)CC2)cc1. The van der Waals surface area contributed by atoms with Gasteiger partial charge in [-0.25, -0.2) is 0 Å². The topological polar surface area (TPSA) is 44.1 Å². The quantitative estimate of drug-likeness (QED) is 0.793. The van der Waals surface area contributed by atoms with Gasteiger partial charge in [0.2, 0.25) is 0 Å². The maximum absolute atomic E-state index is 12.7. The van der Waals surface area contributed by atoms with Crippen molar-refractivity contribution in [2.45, 2.75) is 11.7 Å². The standard InChI is InChI=1S/C19H17ClN2OS/c20-17-4-2-1-3-16(17)18-9-10-22(11-12-24-18)19(23)15-7-5-14(13-21)6-8-15/h1-8,18H,9-12H2. The highest BCUT2D eigenvalue weighted by Gasteiger charge is 2.23. The predicted molar refractivity (Wildman–Crippen MR) is 98.3 cm³/mol. The molecular formula is C19H17ClN2OS. The van der Waals surface area contributed by atoms with Gasteiger partial charge in [-0.2, -0.15) is 17.0 Å². The number of amides is 1. The van der Waals surface area contributed by atoms with E-state index in [4.69, 9.17) is 16.9 Å². The van der Waals surface area contributed by atoms with Gasteiger partial charge in [0.1, 0.15) is 0 Å². The minimum absolute atomic E-state index is 0.0277. The van der Waals surface area contributed by atoms with E-state index >= 15 is 0 Å². The van der Waals surface area contributed by atoms with Crippen LogP contribution in [-0.2, 0) is 0 Å². The van der Waals surface area contributed by atoms with Gasteiger partial charge < -0.3 is 4.90 Å².